The number of rotatable bonds is 4. The quantitative estimate of drug-likeness (QED) is 0.568. The van der Waals surface area contributed by atoms with Crippen molar-refractivity contribution in [3.63, 3.8) is 0 Å². The molecule has 0 aliphatic carbocycles. The molecule has 0 atom stereocenters. The summed E-state index contributed by atoms with van der Waals surface area (Å²) in [6.07, 6.45) is 5.97. The molecule has 3 aromatic rings. The molecule has 24 heavy (non-hydrogen) atoms. The van der Waals surface area contributed by atoms with Gasteiger partial charge in [-0.15, -0.1) is 0 Å². The Balaban J connectivity index is 1.76. The standard InChI is InChI=1S/C17H12N4O3/c18-11-12(10-15-2-1-9-24-15)16(22)20-13-3-5-14(6-4-13)21-8-7-19-17(21)23/h1-10H,(H,19,23)(H,20,22)/b12-10-. The number of hydrogen-bond acceptors (Lipinski definition) is 4. The number of nitriles is 1. The second-order valence-corrected chi connectivity index (χ2v) is 4.82. The van der Waals surface area contributed by atoms with Gasteiger partial charge in [0.2, 0.25) is 0 Å². The highest BCUT2D eigenvalue weighted by molar-refractivity contribution is 6.09. The lowest BCUT2D eigenvalue weighted by molar-refractivity contribution is -0.112. The molecule has 2 heterocycles. The van der Waals surface area contributed by atoms with Gasteiger partial charge in [0, 0.05) is 24.2 Å². The highest BCUT2D eigenvalue weighted by Gasteiger charge is 2.10. The summed E-state index contributed by atoms with van der Waals surface area (Å²) in [5.41, 5.74) is 0.842. The number of nitrogens with one attached hydrogen (secondary N) is 2. The summed E-state index contributed by atoms with van der Waals surface area (Å²) in [7, 11) is 0. The summed E-state index contributed by atoms with van der Waals surface area (Å²) < 4.78 is 6.53. The predicted molar refractivity (Wildman–Crippen MR) is 87.3 cm³/mol. The van der Waals surface area contributed by atoms with Gasteiger partial charge < -0.3 is 14.7 Å². The molecule has 0 aliphatic rings. The Morgan fingerprint density at radius 2 is 2.08 bits per heavy atom. The van der Waals surface area contributed by atoms with Crippen LogP contribution in [0, 0.1) is 11.3 Å². The van der Waals surface area contributed by atoms with E-state index >= 15 is 0 Å². The third-order valence-electron chi connectivity index (χ3n) is 3.25. The number of carbonyl (C=O) groups excluding carboxylic acids is 1. The Morgan fingerprint density at radius 3 is 2.67 bits per heavy atom. The van der Waals surface area contributed by atoms with Crippen LogP contribution in [0.2, 0.25) is 0 Å². The lowest BCUT2D eigenvalue weighted by atomic mass is 10.2. The monoisotopic (exact) mass is 320 g/mol. The maximum absolute atomic E-state index is 12.1. The van der Waals surface area contributed by atoms with Crippen molar-refractivity contribution in [1.82, 2.24) is 9.55 Å². The van der Waals surface area contributed by atoms with Crippen molar-refractivity contribution < 1.29 is 9.21 Å². The Bertz CT molecular complexity index is 970. The molecule has 0 spiro atoms. The SMILES string of the molecule is N#C/C(=C/c1ccco1)C(=O)Nc1ccc(-n2cc[nH]c2=O)cc1. The summed E-state index contributed by atoms with van der Waals surface area (Å²) in [5, 5.41) is 11.7. The van der Waals surface area contributed by atoms with E-state index in [4.69, 9.17) is 9.68 Å². The maximum atomic E-state index is 12.1. The molecule has 1 amide bonds. The Hall–Kier alpha value is -3.79. The van der Waals surface area contributed by atoms with Crippen LogP contribution in [0.5, 0.6) is 0 Å². The minimum Gasteiger partial charge on any atom is -0.465 e. The molecule has 0 fully saturated rings. The molecule has 0 saturated carbocycles. The summed E-state index contributed by atoms with van der Waals surface area (Å²) >= 11 is 0. The number of benzene rings is 1. The molecule has 1 aromatic carbocycles. The van der Waals surface area contributed by atoms with Crippen molar-refractivity contribution in [2.45, 2.75) is 0 Å². The topological polar surface area (TPSA) is 104 Å². The van der Waals surface area contributed by atoms with E-state index in [1.165, 1.54) is 23.1 Å². The van der Waals surface area contributed by atoms with Crippen LogP contribution in [0.4, 0.5) is 5.69 Å². The van der Waals surface area contributed by atoms with Gasteiger partial charge in [0.25, 0.3) is 5.91 Å². The third-order valence-corrected chi connectivity index (χ3v) is 3.25. The van der Waals surface area contributed by atoms with Gasteiger partial charge in [-0.25, -0.2) is 4.79 Å². The summed E-state index contributed by atoms with van der Waals surface area (Å²) in [4.78, 5) is 26.2. The van der Waals surface area contributed by atoms with Crippen molar-refractivity contribution >= 4 is 17.7 Å². The van der Waals surface area contributed by atoms with Gasteiger partial charge in [-0.05, 0) is 36.4 Å². The molecular formula is C17H12N4O3. The Labute approximate surface area is 136 Å². The number of carbonyl (C=O) groups is 1. The molecule has 7 heteroatoms. The lowest BCUT2D eigenvalue weighted by Gasteiger charge is -2.06. The van der Waals surface area contributed by atoms with Crippen molar-refractivity contribution in [3.05, 3.63) is 76.9 Å². The average molecular weight is 320 g/mol. The van der Waals surface area contributed by atoms with Crippen LogP contribution in [0.15, 0.2) is 69.8 Å². The van der Waals surface area contributed by atoms with E-state index < -0.39 is 5.91 Å². The third kappa shape index (κ3) is 3.18. The smallest absolute Gasteiger partial charge is 0.330 e. The van der Waals surface area contributed by atoms with E-state index in [1.54, 1.807) is 42.6 Å². The molecule has 0 bridgehead atoms. The number of anilines is 1. The minimum absolute atomic E-state index is 0.0733. The molecule has 2 aromatic heterocycles. The fourth-order valence-electron chi connectivity index (χ4n) is 2.09. The zero-order valence-electron chi connectivity index (χ0n) is 12.4. The molecule has 118 valence electrons. The second-order valence-electron chi connectivity index (χ2n) is 4.82. The summed E-state index contributed by atoms with van der Waals surface area (Å²) in [5.74, 6) is -0.121. The van der Waals surface area contributed by atoms with Crippen LogP contribution in [0.1, 0.15) is 5.76 Å². The molecule has 0 aliphatic heterocycles. The molecule has 0 unspecified atom stereocenters. The second kappa shape index (κ2) is 6.54. The van der Waals surface area contributed by atoms with Crippen LogP contribution in [0.3, 0.4) is 0 Å². The number of imidazole rings is 1. The van der Waals surface area contributed by atoms with Gasteiger partial charge in [0.1, 0.15) is 17.4 Å². The fourth-order valence-corrected chi connectivity index (χ4v) is 2.09. The Morgan fingerprint density at radius 1 is 1.29 bits per heavy atom. The number of hydrogen-bond donors (Lipinski definition) is 2. The molecule has 7 nitrogen and oxygen atoms in total. The molecule has 0 saturated heterocycles. The highest BCUT2D eigenvalue weighted by Crippen LogP contribution is 2.14. The summed E-state index contributed by atoms with van der Waals surface area (Å²) in [6, 6.07) is 11.8. The van der Waals surface area contributed by atoms with Gasteiger partial charge in [0.05, 0.1) is 12.0 Å². The van der Waals surface area contributed by atoms with E-state index in [0.29, 0.717) is 17.1 Å². The van der Waals surface area contributed by atoms with E-state index in [0.717, 1.165) is 0 Å². The first-order chi connectivity index (χ1) is 11.7. The first kappa shape index (κ1) is 15.1. The normalized spacial score (nSPS) is 11.0. The first-order valence-corrected chi connectivity index (χ1v) is 7.00. The van der Waals surface area contributed by atoms with E-state index in [2.05, 4.69) is 10.3 Å². The van der Waals surface area contributed by atoms with Crippen molar-refractivity contribution in [3.8, 4) is 11.8 Å². The zero-order valence-corrected chi connectivity index (χ0v) is 12.4. The number of H-pyrrole nitrogens is 1. The Kier molecular flexibility index (Phi) is 4.12. The van der Waals surface area contributed by atoms with Crippen molar-refractivity contribution in [2.24, 2.45) is 0 Å². The van der Waals surface area contributed by atoms with Gasteiger partial charge in [-0.2, -0.15) is 5.26 Å². The molecule has 3 rings (SSSR count). The van der Waals surface area contributed by atoms with Crippen LogP contribution in [0.25, 0.3) is 11.8 Å². The first-order valence-electron chi connectivity index (χ1n) is 7.00. The van der Waals surface area contributed by atoms with E-state index in [9.17, 15) is 9.59 Å². The van der Waals surface area contributed by atoms with Crippen LogP contribution in [-0.4, -0.2) is 15.5 Å². The number of amides is 1. The fraction of sp³-hybridized carbons (Fsp3) is 0. The number of aromatic amines is 1. The van der Waals surface area contributed by atoms with Crippen molar-refractivity contribution in [2.75, 3.05) is 5.32 Å². The number of furan rings is 1. The highest BCUT2D eigenvalue weighted by atomic mass is 16.3. The average Bonchev–Trinajstić information content (AvgIpc) is 3.25. The van der Waals surface area contributed by atoms with E-state index in [-0.39, 0.29) is 11.3 Å². The van der Waals surface area contributed by atoms with Crippen LogP contribution in [-0.2, 0) is 4.79 Å². The number of nitrogens with zero attached hydrogens (tertiary/aromatic N) is 2. The maximum Gasteiger partial charge on any atom is 0.330 e. The lowest BCUT2D eigenvalue weighted by Crippen LogP contribution is -2.15. The van der Waals surface area contributed by atoms with Gasteiger partial charge in [-0.1, -0.05) is 0 Å². The number of aromatic nitrogens is 2. The van der Waals surface area contributed by atoms with Gasteiger partial charge >= 0.3 is 5.69 Å². The molecular weight excluding hydrogens is 308 g/mol. The molecule has 2 N–H and O–H groups in total. The largest absolute Gasteiger partial charge is 0.465 e. The van der Waals surface area contributed by atoms with E-state index in [1.807, 2.05) is 6.07 Å². The van der Waals surface area contributed by atoms with Gasteiger partial charge in [0.15, 0.2) is 0 Å². The van der Waals surface area contributed by atoms with Gasteiger partial charge in [-0.3, -0.25) is 9.36 Å². The van der Waals surface area contributed by atoms with Crippen molar-refractivity contribution in [1.29, 1.82) is 5.26 Å². The zero-order chi connectivity index (χ0) is 16.9. The van der Waals surface area contributed by atoms with Crippen LogP contribution < -0.4 is 11.0 Å². The minimum atomic E-state index is -0.541. The molecule has 0 radical (unpaired) electrons. The summed E-state index contributed by atoms with van der Waals surface area (Å²) in [6.45, 7) is 0. The predicted octanol–water partition coefficient (Wildman–Crippen LogP) is 2.30. The van der Waals surface area contributed by atoms with Crippen LogP contribution >= 0.6 is 0 Å².